The van der Waals surface area contributed by atoms with Gasteiger partial charge in [-0.05, 0) is 54.6 Å². The van der Waals surface area contributed by atoms with E-state index in [2.05, 4.69) is 5.32 Å². The monoisotopic (exact) mass is 456 g/mol. The van der Waals surface area contributed by atoms with Crippen molar-refractivity contribution in [1.82, 2.24) is 4.90 Å². The summed E-state index contributed by atoms with van der Waals surface area (Å²) >= 11 is 0.727. The molecule has 0 aromatic heterocycles. The normalized spacial score (nSPS) is 14.6. The number of rotatable bonds is 8. The number of anilines is 1. The molecule has 166 valence electrons. The van der Waals surface area contributed by atoms with E-state index in [1.165, 1.54) is 19.3 Å². The first-order chi connectivity index (χ1) is 15.3. The van der Waals surface area contributed by atoms with Crippen LogP contribution in [0.5, 0.6) is 11.5 Å². The number of carbonyl (C=O) groups excluding carboxylic acids is 3. The van der Waals surface area contributed by atoms with Gasteiger partial charge in [-0.3, -0.25) is 19.3 Å². The fraction of sp³-hybridized carbons (Fsp3) is 0.182. The van der Waals surface area contributed by atoms with E-state index in [1.54, 1.807) is 24.3 Å². The minimum Gasteiger partial charge on any atom is -0.493 e. The van der Waals surface area contributed by atoms with E-state index in [0.717, 1.165) is 22.2 Å². The molecule has 1 aliphatic heterocycles. The number of ether oxygens (including phenoxy) is 2. The third-order valence-electron chi connectivity index (χ3n) is 4.35. The average molecular weight is 456 g/mol. The summed E-state index contributed by atoms with van der Waals surface area (Å²) in [6.45, 7) is 0.991. The highest BCUT2D eigenvalue weighted by Crippen LogP contribution is 2.34. The van der Waals surface area contributed by atoms with E-state index in [0.29, 0.717) is 11.3 Å². The summed E-state index contributed by atoms with van der Waals surface area (Å²) in [5, 5.41) is 10.8. The number of benzene rings is 2. The zero-order valence-electron chi connectivity index (χ0n) is 17.3. The van der Waals surface area contributed by atoms with Gasteiger partial charge in [-0.25, -0.2) is 4.79 Å². The Morgan fingerprint density at radius 3 is 2.50 bits per heavy atom. The van der Waals surface area contributed by atoms with Crippen molar-refractivity contribution < 1.29 is 33.8 Å². The fourth-order valence-electron chi connectivity index (χ4n) is 2.80. The Hall–Kier alpha value is -3.79. The Morgan fingerprint density at radius 1 is 1.12 bits per heavy atom. The van der Waals surface area contributed by atoms with Crippen LogP contribution < -0.4 is 14.8 Å². The summed E-state index contributed by atoms with van der Waals surface area (Å²) in [5.74, 6) is -1.69. The average Bonchev–Trinajstić information content (AvgIpc) is 3.01. The summed E-state index contributed by atoms with van der Waals surface area (Å²) in [6.07, 6.45) is 1.49. The molecule has 3 amide bonds. The van der Waals surface area contributed by atoms with Gasteiger partial charge < -0.3 is 19.9 Å². The molecular weight excluding hydrogens is 436 g/mol. The molecule has 1 heterocycles. The van der Waals surface area contributed by atoms with E-state index in [4.69, 9.17) is 14.6 Å². The van der Waals surface area contributed by atoms with Crippen molar-refractivity contribution >= 4 is 46.5 Å². The minimum atomic E-state index is -1.13. The Balaban J connectivity index is 1.70. The molecule has 10 heteroatoms. The molecule has 1 fully saturated rings. The van der Waals surface area contributed by atoms with Crippen LogP contribution in [0, 0.1) is 6.92 Å². The largest absolute Gasteiger partial charge is 0.493 e. The van der Waals surface area contributed by atoms with Crippen LogP contribution in [0.2, 0.25) is 0 Å². The number of amides is 3. The number of carboxylic acid groups (broad SMARTS) is 1. The fourth-order valence-corrected chi connectivity index (χ4v) is 3.64. The molecule has 9 nitrogen and oxygen atoms in total. The van der Waals surface area contributed by atoms with Crippen molar-refractivity contribution in [2.24, 2.45) is 0 Å². The van der Waals surface area contributed by atoms with Crippen LogP contribution in [0.4, 0.5) is 10.5 Å². The lowest BCUT2D eigenvalue weighted by molar-refractivity contribution is -0.139. The van der Waals surface area contributed by atoms with Gasteiger partial charge in [-0.15, -0.1) is 0 Å². The number of hydrogen-bond donors (Lipinski definition) is 2. The van der Waals surface area contributed by atoms with Crippen LogP contribution in [0.1, 0.15) is 11.1 Å². The van der Waals surface area contributed by atoms with Gasteiger partial charge in [0, 0.05) is 5.69 Å². The predicted molar refractivity (Wildman–Crippen MR) is 119 cm³/mol. The van der Waals surface area contributed by atoms with Crippen LogP contribution in [0.15, 0.2) is 47.4 Å². The summed E-state index contributed by atoms with van der Waals surface area (Å²) in [7, 11) is 1.40. The van der Waals surface area contributed by atoms with Gasteiger partial charge in [0.05, 0.1) is 12.0 Å². The second-order valence-electron chi connectivity index (χ2n) is 6.77. The molecule has 2 aromatic rings. The van der Waals surface area contributed by atoms with Gasteiger partial charge in [0.1, 0.15) is 6.54 Å². The van der Waals surface area contributed by atoms with Crippen molar-refractivity contribution in [2.45, 2.75) is 6.92 Å². The number of carbonyl (C=O) groups is 4. The summed E-state index contributed by atoms with van der Waals surface area (Å²) in [6, 6.07) is 11.8. The molecule has 2 N–H and O–H groups in total. The molecule has 0 radical (unpaired) electrons. The highest BCUT2D eigenvalue weighted by atomic mass is 32.2. The molecule has 1 aliphatic rings. The maximum absolute atomic E-state index is 12.7. The highest BCUT2D eigenvalue weighted by Gasteiger charge is 2.36. The van der Waals surface area contributed by atoms with Crippen molar-refractivity contribution in [3.63, 3.8) is 0 Å². The van der Waals surface area contributed by atoms with Crippen molar-refractivity contribution in [1.29, 1.82) is 0 Å². The van der Waals surface area contributed by atoms with E-state index in [9.17, 15) is 19.2 Å². The molecule has 1 saturated heterocycles. The van der Waals surface area contributed by atoms with Gasteiger partial charge in [0.2, 0.25) is 5.91 Å². The second-order valence-corrected chi connectivity index (χ2v) is 7.77. The molecule has 0 aliphatic carbocycles. The Labute approximate surface area is 188 Å². The summed E-state index contributed by atoms with van der Waals surface area (Å²) < 4.78 is 10.3. The van der Waals surface area contributed by atoms with Crippen LogP contribution in [-0.4, -0.2) is 53.3 Å². The van der Waals surface area contributed by atoms with E-state index < -0.39 is 36.2 Å². The van der Waals surface area contributed by atoms with Crippen molar-refractivity contribution in [3.05, 3.63) is 58.5 Å². The first-order valence-corrected chi connectivity index (χ1v) is 10.2. The van der Waals surface area contributed by atoms with Gasteiger partial charge >= 0.3 is 5.97 Å². The topological polar surface area (TPSA) is 122 Å². The number of hydrogen-bond acceptors (Lipinski definition) is 7. The van der Waals surface area contributed by atoms with Crippen LogP contribution >= 0.6 is 11.8 Å². The lowest BCUT2D eigenvalue weighted by Crippen LogP contribution is -2.36. The maximum atomic E-state index is 12.7. The molecule has 3 rings (SSSR count). The second kappa shape index (κ2) is 10.0. The third kappa shape index (κ3) is 5.67. The Kier molecular flexibility index (Phi) is 7.16. The number of aryl methyl sites for hydroxylation is 1. The quantitative estimate of drug-likeness (QED) is 0.581. The Bertz CT molecular complexity index is 1100. The molecule has 0 spiro atoms. The van der Waals surface area contributed by atoms with Gasteiger partial charge in [0.25, 0.3) is 11.1 Å². The standard InChI is InChI=1S/C22H20N2O7S/c1-13-3-6-15(7-4-13)23-19(25)11-24-21(28)18(32-22(24)29)10-14-5-8-16(17(9-14)30-2)31-12-20(26)27/h3-10H,11-12H2,1-2H3,(H,23,25)(H,26,27)/b18-10+. The predicted octanol–water partition coefficient (Wildman–Crippen LogP) is 3.14. The van der Waals surface area contributed by atoms with Crippen molar-refractivity contribution in [3.8, 4) is 11.5 Å². The lowest BCUT2D eigenvalue weighted by Gasteiger charge is -2.12. The molecule has 0 atom stereocenters. The van der Waals surface area contributed by atoms with Gasteiger partial charge in [-0.1, -0.05) is 23.8 Å². The zero-order chi connectivity index (χ0) is 23.3. The van der Waals surface area contributed by atoms with Crippen LogP contribution in [0.3, 0.4) is 0 Å². The first-order valence-electron chi connectivity index (χ1n) is 9.41. The number of thioether (sulfide) groups is 1. The van der Waals surface area contributed by atoms with Crippen LogP contribution in [-0.2, 0) is 14.4 Å². The van der Waals surface area contributed by atoms with Gasteiger partial charge in [0.15, 0.2) is 18.1 Å². The molecule has 0 unspecified atom stereocenters. The number of methoxy groups -OCH3 is 1. The molecule has 0 saturated carbocycles. The van der Waals surface area contributed by atoms with E-state index >= 15 is 0 Å². The molecule has 32 heavy (non-hydrogen) atoms. The molecule has 0 bridgehead atoms. The number of nitrogens with zero attached hydrogens (tertiary/aromatic N) is 1. The SMILES string of the molecule is COc1cc(/C=C2/SC(=O)N(CC(=O)Nc3ccc(C)cc3)C2=O)ccc1OCC(=O)O. The smallest absolute Gasteiger partial charge is 0.341 e. The number of carboxylic acids is 1. The van der Waals surface area contributed by atoms with Crippen molar-refractivity contribution in [2.75, 3.05) is 25.6 Å². The number of aliphatic carboxylic acids is 1. The first kappa shape index (κ1) is 22.9. The summed E-state index contributed by atoms with van der Waals surface area (Å²) in [5.41, 5.74) is 2.15. The van der Waals surface area contributed by atoms with E-state index in [1.807, 2.05) is 19.1 Å². The third-order valence-corrected chi connectivity index (χ3v) is 5.25. The molecular formula is C22H20N2O7S. The highest BCUT2D eigenvalue weighted by molar-refractivity contribution is 8.18. The van der Waals surface area contributed by atoms with Gasteiger partial charge in [-0.2, -0.15) is 0 Å². The summed E-state index contributed by atoms with van der Waals surface area (Å²) in [4.78, 5) is 48.9. The molecule has 2 aromatic carbocycles. The zero-order valence-corrected chi connectivity index (χ0v) is 18.1. The number of imide groups is 1. The van der Waals surface area contributed by atoms with E-state index in [-0.39, 0.29) is 16.4 Å². The Morgan fingerprint density at radius 2 is 1.84 bits per heavy atom. The number of nitrogens with one attached hydrogen (secondary N) is 1. The van der Waals surface area contributed by atoms with Crippen LogP contribution in [0.25, 0.3) is 6.08 Å². The minimum absolute atomic E-state index is 0.152. The lowest BCUT2D eigenvalue weighted by atomic mass is 10.2. The maximum Gasteiger partial charge on any atom is 0.341 e.